The largest absolute Gasteiger partial charge is 0.475 e. The van der Waals surface area contributed by atoms with Crippen LogP contribution in [-0.4, -0.2) is 37.4 Å². The number of aromatic nitrogens is 2. The lowest BCUT2D eigenvalue weighted by Gasteiger charge is -2.14. The van der Waals surface area contributed by atoms with Crippen LogP contribution in [0.1, 0.15) is 28.7 Å². The van der Waals surface area contributed by atoms with E-state index in [9.17, 15) is 15.0 Å². The van der Waals surface area contributed by atoms with Crippen molar-refractivity contribution in [2.75, 3.05) is 0 Å². The van der Waals surface area contributed by atoms with E-state index in [-0.39, 0.29) is 12.0 Å². The molecule has 0 aromatic carbocycles. The third kappa shape index (κ3) is 2.73. The van der Waals surface area contributed by atoms with E-state index in [0.29, 0.717) is 0 Å². The molecule has 0 amide bonds. The zero-order valence-corrected chi connectivity index (χ0v) is 8.11. The summed E-state index contributed by atoms with van der Waals surface area (Å²) in [6.07, 6.45) is -0.586. The molecule has 0 aliphatic carbocycles. The SMILES string of the molecule is N#CCC(O)C(O)c1cnc(C(=O)O)nc1. The van der Waals surface area contributed by atoms with Crippen LogP contribution in [0.4, 0.5) is 0 Å². The summed E-state index contributed by atoms with van der Waals surface area (Å²) in [6.45, 7) is 0. The van der Waals surface area contributed by atoms with Crippen molar-refractivity contribution in [3.05, 3.63) is 23.8 Å². The molecule has 7 heteroatoms. The molecule has 7 nitrogen and oxygen atoms in total. The number of aromatic carboxylic acids is 1. The molecular weight excluding hydrogens is 214 g/mol. The van der Waals surface area contributed by atoms with Crippen LogP contribution < -0.4 is 0 Å². The average molecular weight is 223 g/mol. The van der Waals surface area contributed by atoms with Crippen LogP contribution in [0.15, 0.2) is 12.4 Å². The van der Waals surface area contributed by atoms with E-state index >= 15 is 0 Å². The summed E-state index contributed by atoms with van der Waals surface area (Å²) in [5, 5.41) is 35.7. The van der Waals surface area contributed by atoms with E-state index in [0.717, 1.165) is 12.4 Å². The van der Waals surface area contributed by atoms with Gasteiger partial charge < -0.3 is 15.3 Å². The second-order valence-corrected chi connectivity index (χ2v) is 3.02. The monoisotopic (exact) mass is 223 g/mol. The first-order valence-corrected chi connectivity index (χ1v) is 4.34. The van der Waals surface area contributed by atoms with Gasteiger partial charge in [0, 0.05) is 18.0 Å². The van der Waals surface area contributed by atoms with Crippen molar-refractivity contribution in [3.8, 4) is 6.07 Å². The van der Waals surface area contributed by atoms with Crippen molar-refractivity contribution >= 4 is 5.97 Å². The standard InChI is InChI=1S/C9H9N3O4/c10-2-1-6(13)7(14)5-3-11-8(9(15)16)12-4-5/h3-4,6-7,13-14H,1H2,(H,15,16). The first-order chi connectivity index (χ1) is 7.56. The lowest BCUT2D eigenvalue weighted by atomic mass is 10.1. The Bertz CT molecular complexity index is 412. The molecule has 0 spiro atoms. The highest BCUT2D eigenvalue weighted by Gasteiger charge is 2.19. The number of hydrogen-bond acceptors (Lipinski definition) is 6. The predicted molar refractivity (Wildman–Crippen MR) is 50.2 cm³/mol. The lowest BCUT2D eigenvalue weighted by molar-refractivity contribution is 0.0211. The number of aliphatic hydroxyl groups excluding tert-OH is 2. The van der Waals surface area contributed by atoms with Crippen LogP contribution in [0.3, 0.4) is 0 Å². The van der Waals surface area contributed by atoms with Gasteiger partial charge in [0.15, 0.2) is 0 Å². The minimum Gasteiger partial charge on any atom is -0.475 e. The number of nitrogens with zero attached hydrogens (tertiary/aromatic N) is 3. The van der Waals surface area contributed by atoms with Crippen LogP contribution in [0.25, 0.3) is 0 Å². The molecule has 0 aliphatic rings. The molecule has 2 unspecified atom stereocenters. The van der Waals surface area contributed by atoms with Crippen molar-refractivity contribution in [2.45, 2.75) is 18.6 Å². The molecule has 3 N–H and O–H groups in total. The van der Waals surface area contributed by atoms with Gasteiger partial charge in [-0.2, -0.15) is 5.26 Å². The molecule has 0 saturated carbocycles. The van der Waals surface area contributed by atoms with Gasteiger partial charge in [-0.25, -0.2) is 14.8 Å². The Balaban J connectivity index is 2.82. The van der Waals surface area contributed by atoms with Crippen molar-refractivity contribution in [1.29, 1.82) is 5.26 Å². The minimum absolute atomic E-state index is 0.160. The fraction of sp³-hybridized carbons (Fsp3) is 0.333. The number of carboxylic acids is 1. The Morgan fingerprint density at radius 1 is 1.44 bits per heavy atom. The Hall–Kier alpha value is -2.04. The summed E-state index contributed by atoms with van der Waals surface area (Å²) in [7, 11) is 0. The summed E-state index contributed by atoms with van der Waals surface area (Å²) in [5.74, 6) is -1.68. The Labute approximate surface area is 90.6 Å². The average Bonchev–Trinajstić information content (AvgIpc) is 2.28. The van der Waals surface area contributed by atoms with E-state index in [4.69, 9.17) is 10.4 Å². The number of rotatable bonds is 4. The number of nitriles is 1. The number of aliphatic hydroxyl groups is 2. The van der Waals surface area contributed by atoms with Crippen molar-refractivity contribution in [2.24, 2.45) is 0 Å². The second-order valence-electron chi connectivity index (χ2n) is 3.02. The van der Waals surface area contributed by atoms with E-state index in [1.807, 2.05) is 0 Å². The lowest BCUT2D eigenvalue weighted by Crippen LogP contribution is -2.18. The van der Waals surface area contributed by atoms with Gasteiger partial charge in [-0.15, -0.1) is 0 Å². The first kappa shape index (κ1) is 12.0. The van der Waals surface area contributed by atoms with Gasteiger partial charge in [-0.1, -0.05) is 0 Å². The zero-order valence-electron chi connectivity index (χ0n) is 8.11. The van der Waals surface area contributed by atoms with Gasteiger partial charge in [0.05, 0.1) is 18.6 Å². The third-order valence-electron chi connectivity index (χ3n) is 1.87. The molecule has 2 atom stereocenters. The smallest absolute Gasteiger partial charge is 0.373 e. The molecule has 0 saturated heterocycles. The summed E-state index contributed by atoms with van der Waals surface area (Å²) >= 11 is 0. The Kier molecular flexibility index (Phi) is 3.88. The van der Waals surface area contributed by atoms with Crippen molar-refractivity contribution in [1.82, 2.24) is 9.97 Å². The molecule has 1 aromatic rings. The maximum Gasteiger partial charge on any atom is 0.373 e. The van der Waals surface area contributed by atoms with Gasteiger partial charge in [0.2, 0.25) is 5.82 Å². The van der Waals surface area contributed by atoms with Gasteiger partial charge >= 0.3 is 5.97 Å². The molecule has 0 radical (unpaired) electrons. The minimum atomic E-state index is -1.30. The second kappa shape index (κ2) is 5.16. The fourth-order valence-electron chi connectivity index (χ4n) is 1.03. The molecule has 1 rings (SSSR count). The molecule has 0 fully saturated rings. The molecule has 0 aliphatic heterocycles. The van der Waals surface area contributed by atoms with E-state index in [1.165, 1.54) is 0 Å². The Morgan fingerprint density at radius 3 is 2.44 bits per heavy atom. The maximum atomic E-state index is 10.4. The van der Waals surface area contributed by atoms with Crippen LogP contribution >= 0.6 is 0 Å². The van der Waals surface area contributed by atoms with Crippen LogP contribution in [0, 0.1) is 11.3 Å². The van der Waals surface area contributed by atoms with Crippen LogP contribution in [0.5, 0.6) is 0 Å². The molecule has 84 valence electrons. The molecule has 1 aromatic heterocycles. The molecule has 16 heavy (non-hydrogen) atoms. The number of carbonyl (C=O) groups is 1. The highest BCUT2D eigenvalue weighted by atomic mass is 16.4. The fourth-order valence-corrected chi connectivity index (χ4v) is 1.03. The van der Waals surface area contributed by atoms with Crippen molar-refractivity contribution in [3.63, 3.8) is 0 Å². The van der Waals surface area contributed by atoms with Gasteiger partial charge in [-0.05, 0) is 0 Å². The normalized spacial score (nSPS) is 13.8. The van der Waals surface area contributed by atoms with E-state index in [1.54, 1.807) is 6.07 Å². The predicted octanol–water partition coefficient (Wildman–Crippen LogP) is -0.517. The van der Waals surface area contributed by atoms with Crippen LogP contribution in [0.2, 0.25) is 0 Å². The zero-order chi connectivity index (χ0) is 12.1. The molecular formula is C9H9N3O4. The van der Waals surface area contributed by atoms with Gasteiger partial charge in [0.1, 0.15) is 6.10 Å². The summed E-state index contributed by atoms with van der Waals surface area (Å²) in [5.41, 5.74) is 0.160. The summed E-state index contributed by atoms with van der Waals surface area (Å²) in [6, 6.07) is 1.70. The molecule has 0 bridgehead atoms. The van der Waals surface area contributed by atoms with E-state index in [2.05, 4.69) is 9.97 Å². The summed E-state index contributed by atoms with van der Waals surface area (Å²) < 4.78 is 0. The highest BCUT2D eigenvalue weighted by molar-refractivity contribution is 5.82. The highest BCUT2D eigenvalue weighted by Crippen LogP contribution is 2.16. The quantitative estimate of drug-likeness (QED) is 0.626. The summed E-state index contributed by atoms with van der Waals surface area (Å²) in [4.78, 5) is 17.4. The number of hydrogen-bond donors (Lipinski definition) is 3. The topological polar surface area (TPSA) is 127 Å². The van der Waals surface area contributed by atoms with Crippen LogP contribution in [-0.2, 0) is 0 Å². The van der Waals surface area contributed by atoms with E-state index < -0.39 is 24.0 Å². The number of carboxylic acid groups (broad SMARTS) is 1. The third-order valence-corrected chi connectivity index (χ3v) is 1.87. The maximum absolute atomic E-state index is 10.4. The van der Waals surface area contributed by atoms with Gasteiger partial charge in [0.25, 0.3) is 0 Å². The first-order valence-electron chi connectivity index (χ1n) is 4.34. The van der Waals surface area contributed by atoms with Gasteiger partial charge in [-0.3, -0.25) is 0 Å². The Morgan fingerprint density at radius 2 is 2.00 bits per heavy atom. The van der Waals surface area contributed by atoms with Crippen molar-refractivity contribution < 1.29 is 20.1 Å². The molecule has 1 heterocycles.